The van der Waals surface area contributed by atoms with Gasteiger partial charge >= 0.3 is 0 Å². The van der Waals surface area contributed by atoms with Gasteiger partial charge in [-0.15, -0.1) is 0 Å². The van der Waals surface area contributed by atoms with E-state index in [0.717, 1.165) is 44.6 Å². The Hall–Kier alpha value is -7.30. The number of hydrogen-bond donors (Lipinski definition) is 0. The highest BCUT2D eigenvalue weighted by atomic mass is 14.9. The fourth-order valence-electron chi connectivity index (χ4n) is 7.71. The minimum absolute atomic E-state index is 0.628. The van der Waals surface area contributed by atoms with Gasteiger partial charge in [0.15, 0.2) is 5.82 Å². The average molecular weight is 689 g/mol. The zero-order chi connectivity index (χ0) is 35.8. The Balaban J connectivity index is 1.28. The molecule has 0 saturated carbocycles. The minimum Gasteiger partial charge on any atom is -0.264 e. The topological polar surface area (TPSA) is 51.6 Å². The van der Waals surface area contributed by atoms with Crippen molar-refractivity contribution >= 4 is 53.9 Å². The molecule has 0 aliphatic carbocycles. The number of fused-ring (bicyclic) bond motifs is 10. The largest absolute Gasteiger partial charge is 0.264 e. The van der Waals surface area contributed by atoms with Crippen LogP contribution in [0, 0.1) is 0 Å². The van der Waals surface area contributed by atoms with E-state index in [1.165, 1.54) is 48.5 Å². The summed E-state index contributed by atoms with van der Waals surface area (Å²) in [6.07, 6.45) is 7.28. The lowest BCUT2D eigenvalue weighted by Gasteiger charge is -2.12. The third kappa shape index (κ3) is 5.58. The van der Waals surface area contributed by atoms with Crippen molar-refractivity contribution in [1.82, 2.24) is 19.9 Å². The summed E-state index contributed by atoms with van der Waals surface area (Å²) in [5.41, 5.74) is 6.73. The lowest BCUT2D eigenvalue weighted by molar-refractivity contribution is 1.17. The van der Waals surface area contributed by atoms with Crippen molar-refractivity contribution in [1.29, 1.82) is 0 Å². The maximum atomic E-state index is 5.20. The van der Waals surface area contributed by atoms with Crippen molar-refractivity contribution in [3.63, 3.8) is 0 Å². The molecule has 0 radical (unpaired) electrons. The van der Waals surface area contributed by atoms with Crippen molar-refractivity contribution < 1.29 is 0 Å². The number of benzene rings is 6. The van der Waals surface area contributed by atoms with Gasteiger partial charge in [-0.05, 0) is 95.3 Å². The van der Waals surface area contributed by atoms with E-state index in [1.807, 2.05) is 30.6 Å². The van der Waals surface area contributed by atoms with E-state index < -0.39 is 0 Å². The number of pyridine rings is 2. The number of rotatable bonds is 4. The normalized spacial score (nSPS) is 11.3. The van der Waals surface area contributed by atoms with Crippen LogP contribution in [-0.2, 0) is 0 Å². The van der Waals surface area contributed by atoms with Gasteiger partial charge < -0.3 is 0 Å². The predicted molar refractivity (Wildman–Crippen MR) is 225 cm³/mol. The van der Waals surface area contributed by atoms with Crippen LogP contribution in [0.1, 0.15) is 0 Å². The van der Waals surface area contributed by atoms with Gasteiger partial charge in [-0.2, -0.15) is 0 Å². The van der Waals surface area contributed by atoms with E-state index in [1.54, 1.807) is 12.4 Å². The summed E-state index contributed by atoms with van der Waals surface area (Å²) in [7, 11) is 0. The average Bonchev–Trinajstić information content (AvgIpc) is 3.26. The van der Waals surface area contributed by atoms with E-state index in [9.17, 15) is 0 Å². The van der Waals surface area contributed by atoms with Crippen LogP contribution in [0.5, 0.6) is 0 Å². The monoisotopic (exact) mass is 688 g/mol. The first kappa shape index (κ1) is 31.4. The van der Waals surface area contributed by atoms with Crippen LogP contribution >= 0.6 is 0 Å². The third-order valence-electron chi connectivity index (χ3n) is 10.3. The van der Waals surface area contributed by atoms with Crippen LogP contribution in [0.25, 0.3) is 98.9 Å². The van der Waals surface area contributed by atoms with Crippen molar-refractivity contribution in [2.45, 2.75) is 0 Å². The first-order chi connectivity index (χ1) is 26.8. The molecule has 0 N–H and O–H groups in total. The molecule has 0 spiro atoms. The molecule has 3 aromatic heterocycles. The lowest BCUT2D eigenvalue weighted by Crippen LogP contribution is -1.96. The van der Waals surface area contributed by atoms with Crippen LogP contribution in [-0.4, -0.2) is 19.9 Å². The molecule has 7 aromatic carbocycles. The molecule has 0 aliphatic rings. The van der Waals surface area contributed by atoms with E-state index in [2.05, 4.69) is 162 Å². The number of aromatic nitrogens is 4. The fourth-order valence-corrected chi connectivity index (χ4v) is 7.71. The van der Waals surface area contributed by atoms with Gasteiger partial charge in [0.25, 0.3) is 0 Å². The molecule has 0 bridgehead atoms. The van der Waals surface area contributed by atoms with E-state index >= 15 is 0 Å². The zero-order valence-electron chi connectivity index (χ0n) is 29.3. The standard InChI is InChI=1S/C50H32N4/c1-2-15-40-38(13-1)39-14-3-4-16-41(39)43-18-7-8-20-45(43)47-29-35(25-26-46(47)44-19-6-5-17-42(40)44)49-30-48(53-50(54-49)37-12-10-28-52-32-37)34-23-21-33(22-24-34)36-11-9-27-51-31-36/h1-32H. The fraction of sp³-hybridized carbons (Fsp3) is 0. The third-order valence-corrected chi connectivity index (χ3v) is 10.3. The van der Waals surface area contributed by atoms with Crippen LogP contribution in [0.4, 0.5) is 0 Å². The summed E-state index contributed by atoms with van der Waals surface area (Å²) in [5, 5.41) is 11.9. The Labute approximate surface area is 312 Å². The summed E-state index contributed by atoms with van der Waals surface area (Å²) < 4.78 is 0. The molecule has 0 amide bonds. The molecule has 252 valence electrons. The van der Waals surface area contributed by atoms with Gasteiger partial charge in [0, 0.05) is 41.5 Å². The van der Waals surface area contributed by atoms with Gasteiger partial charge in [-0.25, -0.2) is 9.97 Å². The highest BCUT2D eigenvalue weighted by molar-refractivity contribution is 6.26. The van der Waals surface area contributed by atoms with Gasteiger partial charge in [0.05, 0.1) is 11.4 Å². The maximum absolute atomic E-state index is 5.20. The van der Waals surface area contributed by atoms with Gasteiger partial charge in [-0.1, -0.05) is 140 Å². The van der Waals surface area contributed by atoms with Crippen molar-refractivity contribution in [3.8, 4) is 45.0 Å². The van der Waals surface area contributed by atoms with Crippen molar-refractivity contribution in [2.24, 2.45) is 0 Å². The Morgan fingerprint density at radius 1 is 0.259 bits per heavy atom. The van der Waals surface area contributed by atoms with Crippen molar-refractivity contribution in [3.05, 3.63) is 195 Å². The Bertz CT molecular complexity index is 3010. The van der Waals surface area contributed by atoms with Gasteiger partial charge in [0.2, 0.25) is 0 Å². The highest BCUT2D eigenvalue weighted by Gasteiger charge is 2.14. The summed E-state index contributed by atoms with van der Waals surface area (Å²) in [6.45, 7) is 0. The summed E-state index contributed by atoms with van der Waals surface area (Å²) >= 11 is 0. The maximum Gasteiger partial charge on any atom is 0.161 e. The smallest absolute Gasteiger partial charge is 0.161 e. The SMILES string of the molecule is c1cncc(-c2ccc(-c3cc(-c4ccc5c6ccccc6c6ccccc6c6ccccc6c6ccccc6c5c4)nc(-c4cccnc4)n3)cc2)c1. The molecule has 4 nitrogen and oxygen atoms in total. The predicted octanol–water partition coefficient (Wildman–Crippen LogP) is 12.8. The lowest BCUT2D eigenvalue weighted by atomic mass is 9.93. The van der Waals surface area contributed by atoms with E-state index in [-0.39, 0.29) is 0 Å². The first-order valence-corrected chi connectivity index (χ1v) is 18.1. The van der Waals surface area contributed by atoms with E-state index in [0.29, 0.717) is 5.82 Å². The first-order valence-electron chi connectivity index (χ1n) is 18.1. The highest BCUT2D eigenvalue weighted by Crippen LogP contribution is 2.38. The second-order valence-electron chi connectivity index (χ2n) is 13.5. The zero-order valence-corrected chi connectivity index (χ0v) is 29.3. The molecule has 54 heavy (non-hydrogen) atoms. The number of nitrogens with zero attached hydrogens (tertiary/aromatic N) is 4. The minimum atomic E-state index is 0.628. The van der Waals surface area contributed by atoms with Crippen molar-refractivity contribution in [2.75, 3.05) is 0 Å². The molecular formula is C50H32N4. The molecule has 3 heterocycles. The molecule has 0 fully saturated rings. The van der Waals surface area contributed by atoms with Crippen LogP contribution in [0.15, 0.2) is 195 Å². The molecule has 10 rings (SSSR count). The van der Waals surface area contributed by atoms with Crippen LogP contribution in [0.2, 0.25) is 0 Å². The second-order valence-corrected chi connectivity index (χ2v) is 13.5. The molecule has 10 aromatic rings. The van der Waals surface area contributed by atoms with E-state index in [4.69, 9.17) is 9.97 Å². The Kier molecular flexibility index (Phi) is 7.77. The quantitative estimate of drug-likeness (QED) is 0.185. The molecular weight excluding hydrogens is 657 g/mol. The molecule has 4 heteroatoms. The summed E-state index contributed by atoms with van der Waals surface area (Å²) in [5.74, 6) is 0.628. The Morgan fingerprint density at radius 2 is 0.648 bits per heavy atom. The summed E-state index contributed by atoms with van der Waals surface area (Å²) in [4.78, 5) is 19.0. The van der Waals surface area contributed by atoms with Crippen LogP contribution in [0.3, 0.4) is 0 Å². The molecule has 0 saturated heterocycles. The van der Waals surface area contributed by atoms with Crippen LogP contribution < -0.4 is 0 Å². The number of hydrogen-bond acceptors (Lipinski definition) is 4. The van der Waals surface area contributed by atoms with Gasteiger partial charge in [0.1, 0.15) is 0 Å². The molecule has 0 aliphatic heterocycles. The molecule has 0 unspecified atom stereocenters. The molecule has 0 atom stereocenters. The van der Waals surface area contributed by atoms with Gasteiger partial charge in [-0.3, -0.25) is 9.97 Å². The summed E-state index contributed by atoms with van der Waals surface area (Å²) in [6, 6.07) is 60.5. The Morgan fingerprint density at radius 3 is 1.11 bits per heavy atom. The second kappa shape index (κ2) is 13.4.